The van der Waals surface area contributed by atoms with Gasteiger partial charge in [-0.15, -0.1) is 0 Å². The van der Waals surface area contributed by atoms with E-state index in [2.05, 4.69) is 26.1 Å². The van der Waals surface area contributed by atoms with Gasteiger partial charge in [0.15, 0.2) is 0 Å². The highest BCUT2D eigenvalue weighted by atomic mass is 79.9. The minimum atomic E-state index is -0.0808. The van der Waals surface area contributed by atoms with E-state index in [9.17, 15) is 4.79 Å². The summed E-state index contributed by atoms with van der Waals surface area (Å²) in [6.07, 6.45) is 0.523. The minimum Gasteiger partial charge on any atom is -0.491 e. The van der Waals surface area contributed by atoms with Gasteiger partial charge in [0.2, 0.25) is 17.6 Å². The Morgan fingerprint density at radius 1 is 1.17 bits per heavy atom. The summed E-state index contributed by atoms with van der Waals surface area (Å²) in [6, 6.07) is 15.6. The fraction of sp³-hybridized carbons (Fsp3) is 0.318. The van der Waals surface area contributed by atoms with Gasteiger partial charge < -0.3 is 14.2 Å². The number of ether oxygens (including phenoxy) is 1. The van der Waals surface area contributed by atoms with E-state index in [0.29, 0.717) is 31.2 Å². The van der Waals surface area contributed by atoms with Crippen molar-refractivity contribution in [2.75, 3.05) is 6.54 Å². The Kier molecular flexibility index (Phi) is 5.67. The maximum absolute atomic E-state index is 12.5. The van der Waals surface area contributed by atoms with Gasteiger partial charge in [-0.3, -0.25) is 4.79 Å². The number of carbonyl (C=O) groups is 1. The molecule has 2 heterocycles. The van der Waals surface area contributed by atoms with Crippen LogP contribution >= 0.6 is 15.9 Å². The fourth-order valence-corrected chi connectivity index (χ4v) is 3.64. The van der Waals surface area contributed by atoms with Crippen LogP contribution in [0, 0.1) is 0 Å². The van der Waals surface area contributed by atoms with Gasteiger partial charge in [-0.05, 0) is 55.8 Å². The third kappa shape index (κ3) is 4.67. The van der Waals surface area contributed by atoms with Gasteiger partial charge in [-0.2, -0.15) is 4.98 Å². The molecule has 0 bridgehead atoms. The van der Waals surface area contributed by atoms with Crippen molar-refractivity contribution >= 4 is 21.8 Å². The molecule has 1 aliphatic heterocycles. The van der Waals surface area contributed by atoms with Crippen molar-refractivity contribution in [2.24, 2.45) is 0 Å². The minimum absolute atomic E-state index is 0.0808. The van der Waals surface area contributed by atoms with Crippen molar-refractivity contribution in [2.45, 2.75) is 38.8 Å². The lowest BCUT2D eigenvalue weighted by atomic mass is 10.1. The first-order valence-electron chi connectivity index (χ1n) is 9.61. The smallest absolute Gasteiger partial charge is 0.232 e. The number of halogens is 1. The van der Waals surface area contributed by atoms with Gasteiger partial charge >= 0.3 is 0 Å². The lowest BCUT2D eigenvalue weighted by molar-refractivity contribution is -0.128. The molecule has 29 heavy (non-hydrogen) atoms. The molecule has 1 amide bonds. The number of carbonyl (C=O) groups excluding carboxylic acids is 1. The molecule has 1 atom stereocenters. The maximum atomic E-state index is 12.5. The van der Waals surface area contributed by atoms with E-state index >= 15 is 0 Å². The summed E-state index contributed by atoms with van der Waals surface area (Å²) in [5, 5.41) is 4.08. The average molecular weight is 456 g/mol. The van der Waals surface area contributed by atoms with Crippen LogP contribution in [0.5, 0.6) is 5.75 Å². The van der Waals surface area contributed by atoms with Gasteiger partial charge in [0.25, 0.3) is 0 Å². The van der Waals surface area contributed by atoms with Crippen molar-refractivity contribution in [3.63, 3.8) is 0 Å². The summed E-state index contributed by atoms with van der Waals surface area (Å²) in [4.78, 5) is 18.9. The number of aromatic nitrogens is 2. The molecule has 1 aliphatic rings. The second kappa shape index (κ2) is 8.37. The van der Waals surface area contributed by atoms with Crippen molar-refractivity contribution in [1.82, 2.24) is 15.0 Å². The van der Waals surface area contributed by atoms with Gasteiger partial charge in [0, 0.05) is 29.5 Å². The van der Waals surface area contributed by atoms with Crippen LogP contribution in [-0.2, 0) is 11.3 Å². The number of benzene rings is 2. The zero-order chi connectivity index (χ0) is 20.4. The van der Waals surface area contributed by atoms with E-state index in [-0.39, 0.29) is 17.9 Å². The Bertz CT molecular complexity index is 983. The van der Waals surface area contributed by atoms with Crippen molar-refractivity contribution < 1.29 is 14.1 Å². The highest BCUT2D eigenvalue weighted by Gasteiger charge is 2.34. The molecule has 0 saturated carbocycles. The average Bonchev–Trinajstić information content (AvgIpc) is 3.31. The van der Waals surface area contributed by atoms with Crippen LogP contribution in [0.2, 0.25) is 0 Å². The largest absolute Gasteiger partial charge is 0.491 e. The number of rotatable bonds is 6. The number of amides is 1. The van der Waals surface area contributed by atoms with Gasteiger partial charge in [-0.1, -0.05) is 33.2 Å². The molecule has 2 aromatic carbocycles. The summed E-state index contributed by atoms with van der Waals surface area (Å²) < 4.78 is 12.1. The van der Waals surface area contributed by atoms with Crippen molar-refractivity contribution in [1.29, 1.82) is 0 Å². The van der Waals surface area contributed by atoms with Crippen LogP contribution in [0.4, 0.5) is 0 Å². The number of nitrogens with zero attached hydrogens (tertiary/aromatic N) is 3. The van der Waals surface area contributed by atoms with Gasteiger partial charge in [0.1, 0.15) is 5.75 Å². The highest BCUT2D eigenvalue weighted by molar-refractivity contribution is 9.10. The normalized spacial score (nSPS) is 16.6. The van der Waals surface area contributed by atoms with Crippen LogP contribution in [0.3, 0.4) is 0 Å². The lowest BCUT2D eigenvalue weighted by Crippen LogP contribution is -2.24. The first-order valence-corrected chi connectivity index (χ1v) is 10.4. The molecule has 1 saturated heterocycles. The van der Waals surface area contributed by atoms with E-state index in [1.807, 2.05) is 67.3 Å². The molecule has 7 heteroatoms. The van der Waals surface area contributed by atoms with Gasteiger partial charge in [-0.25, -0.2) is 0 Å². The summed E-state index contributed by atoms with van der Waals surface area (Å²) in [5.74, 6) is 1.91. The predicted molar refractivity (Wildman–Crippen MR) is 112 cm³/mol. The molecule has 3 aromatic rings. The summed E-state index contributed by atoms with van der Waals surface area (Å²) in [7, 11) is 0. The Morgan fingerprint density at radius 3 is 2.59 bits per heavy atom. The van der Waals surface area contributed by atoms with Crippen molar-refractivity contribution in [3.05, 3.63) is 64.5 Å². The fourth-order valence-electron chi connectivity index (χ4n) is 3.37. The molecule has 150 valence electrons. The molecular weight excluding hydrogens is 434 g/mol. The molecule has 1 unspecified atom stereocenters. The molecule has 1 fully saturated rings. The Hall–Kier alpha value is -2.67. The second-order valence-corrected chi connectivity index (χ2v) is 8.36. The molecule has 0 radical (unpaired) electrons. The van der Waals surface area contributed by atoms with Crippen LogP contribution < -0.4 is 4.74 Å². The standard InChI is InChI=1S/C22H22BrN3O3/c1-14(2)28-19-9-3-15(4-10-19)12-26-13-17(11-20(26)27)22-24-21(25-29-22)16-5-7-18(23)8-6-16/h3-10,14,17H,11-13H2,1-2H3. The Balaban J connectivity index is 1.41. The SMILES string of the molecule is CC(C)Oc1ccc(CN2CC(c3nc(-c4ccc(Br)cc4)no3)CC2=O)cc1. The van der Waals surface area contributed by atoms with Crippen LogP contribution in [0.15, 0.2) is 57.5 Å². The molecule has 1 aromatic heterocycles. The van der Waals surface area contributed by atoms with Gasteiger partial charge in [0.05, 0.1) is 12.0 Å². The molecule has 0 aliphatic carbocycles. The van der Waals surface area contributed by atoms with Crippen LogP contribution in [-0.4, -0.2) is 33.6 Å². The zero-order valence-corrected chi connectivity index (χ0v) is 17.9. The maximum Gasteiger partial charge on any atom is 0.232 e. The summed E-state index contributed by atoms with van der Waals surface area (Å²) in [5.41, 5.74) is 1.95. The molecule has 4 rings (SSSR count). The third-order valence-electron chi connectivity index (χ3n) is 4.78. The van der Waals surface area contributed by atoms with E-state index in [0.717, 1.165) is 21.3 Å². The lowest BCUT2D eigenvalue weighted by Gasteiger charge is -2.16. The predicted octanol–water partition coefficient (Wildman–Crippen LogP) is 4.80. The summed E-state index contributed by atoms with van der Waals surface area (Å²) >= 11 is 3.42. The zero-order valence-electron chi connectivity index (χ0n) is 16.3. The van der Waals surface area contributed by atoms with Crippen LogP contribution in [0.1, 0.15) is 37.6 Å². The van der Waals surface area contributed by atoms with E-state index in [4.69, 9.17) is 9.26 Å². The molecule has 6 nitrogen and oxygen atoms in total. The first-order chi connectivity index (χ1) is 14.0. The monoisotopic (exact) mass is 455 g/mol. The van der Waals surface area contributed by atoms with E-state index < -0.39 is 0 Å². The molecule has 0 N–H and O–H groups in total. The number of hydrogen-bond acceptors (Lipinski definition) is 5. The first kappa shape index (κ1) is 19.6. The number of likely N-dealkylation sites (tertiary alicyclic amines) is 1. The summed E-state index contributed by atoms with van der Waals surface area (Å²) in [6.45, 7) is 5.13. The Labute approximate surface area is 178 Å². The van der Waals surface area contributed by atoms with E-state index in [1.165, 1.54) is 0 Å². The Morgan fingerprint density at radius 2 is 1.90 bits per heavy atom. The highest BCUT2D eigenvalue weighted by Crippen LogP contribution is 2.30. The third-order valence-corrected chi connectivity index (χ3v) is 5.31. The van der Waals surface area contributed by atoms with E-state index in [1.54, 1.807) is 0 Å². The second-order valence-electron chi connectivity index (χ2n) is 7.45. The molecular formula is C22H22BrN3O3. The molecule has 0 spiro atoms. The van der Waals surface area contributed by atoms with Crippen molar-refractivity contribution in [3.8, 4) is 17.1 Å². The quantitative estimate of drug-likeness (QED) is 0.533. The number of hydrogen-bond donors (Lipinski definition) is 0. The topological polar surface area (TPSA) is 68.5 Å². The van der Waals surface area contributed by atoms with Crippen LogP contribution in [0.25, 0.3) is 11.4 Å².